The summed E-state index contributed by atoms with van der Waals surface area (Å²) in [5.41, 5.74) is 1.97. The molecule has 0 unspecified atom stereocenters. The summed E-state index contributed by atoms with van der Waals surface area (Å²) in [6, 6.07) is 5.81. The highest BCUT2D eigenvalue weighted by Crippen LogP contribution is 2.14. The van der Waals surface area contributed by atoms with Crippen molar-refractivity contribution in [2.75, 3.05) is 66.0 Å². The van der Waals surface area contributed by atoms with Crippen molar-refractivity contribution in [3.63, 3.8) is 0 Å². The van der Waals surface area contributed by atoms with Crippen molar-refractivity contribution in [3.05, 3.63) is 33.7 Å². The Hall–Kier alpha value is -1.27. The number of rotatable bonds is 17. The molecule has 0 fully saturated rings. The smallest absolute Gasteiger partial charge is 0.182 e. The maximum Gasteiger partial charge on any atom is 0.182 e. The molecule has 0 aliphatic rings. The number of Topliss-reactive ketones (excluding diaryl/α,β-unsaturated/α-hetero) is 1. The van der Waals surface area contributed by atoms with Crippen LogP contribution in [-0.2, 0) is 14.2 Å². The number of likely N-dealkylation sites (N-methyl/N-ethyl adjacent to an activating group) is 1. The molecule has 9 heteroatoms. The zero-order valence-electron chi connectivity index (χ0n) is 18.0. The lowest BCUT2D eigenvalue weighted by molar-refractivity contribution is 0.00879. The molecule has 0 saturated heterocycles. The van der Waals surface area contributed by atoms with E-state index in [-0.39, 0.29) is 12.4 Å². The Balaban J connectivity index is 1.58. The molecule has 0 aliphatic carbocycles. The van der Waals surface area contributed by atoms with Gasteiger partial charge in [0.15, 0.2) is 5.78 Å². The van der Waals surface area contributed by atoms with Crippen molar-refractivity contribution in [3.8, 4) is 0 Å². The molecule has 1 aromatic heterocycles. The second-order valence-electron chi connectivity index (χ2n) is 6.88. The zero-order chi connectivity index (χ0) is 22.3. The van der Waals surface area contributed by atoms with Gasteiger partial charge in [-0.3, -0.25) is 9.78 Å². The Morgan fingerprint density at radius 3 is 2.45 bits per heavy atom. The molecule has 0 spiro atoms. The number of ether oxygens (including phenoxy) is 3. The minimum Gasteiger partial charge on any atom is -0.378 e. The maximum atomic E-state index is 12.5. The van der Waals surface area contributed by atoms with E-state index >= 15 is 0 Å². The fourth-order valence-corrected chi connectivity index (χ4v) is 3.40. The summed E-state index contributed by atoms with van der Waals surface area (Å²) >= 11 is 2.23. The second kappa shape index (κ2) is 15.5. The van der Waals surface area contributed by atoms with Gasteiger partial charge in [0.05, 0.1) is 56.9 Å². The molecule has 0 saturated carbocycles. The van der Waals surface area contributed by atoms with Gasteiger partial charge in [0.1, 0.15) is 12.4 Å². The van der Waals surface area contributed by atoms with Gasteiger partial charge in [0.25, 0.3) is 0 Å². The summed E-state index contributed by atoms with van der Waals surface area (Å²) in [5, 5.41) is 0. The number of hydrogen-bond donors (Lipinski definition) is 0. The van der Waals surface area contributed by atoms with E-state index in [2.05, 4.69) is 44.4 Å². The molecule has 0 atom stereocenters. The molecule has 7 nitrogen and oxygen atoms in total. The highest BCUT2D eigenvalue weighted by molar-refractivity contribution is 14.1. The first-order valence-corrected chi connectivity index (χ1v) is 11.7. The third kappa shape index (κ3) is 10.3. The number of fused-ring (bicyclic) bond motifs is 1. The lowest BCUT2D eigenvalue weighted by atomic mass is 10.1. The van der Waals surface area contributed by atoms with Crippen molar-refractivity contribution in [2.45, 2.75) is 19.8 Å². The van der Waals surface area contributed by atoms with Crippen molar-refractivity contribution in [1.29, 1.82) is 0 Å². The van der Waals surface area contributed by atoms with Crippen LogP contribution in [0.3, 0.4) is 0 Å². The molecule has 0 bridgehead atoms. The van der Waals surface area contributed by atoms with Gasteiger partial charge in [0, 0.05) is 16.5 Å². The predicted molar refractivity (Wildman–Crippen MR) is 126 cm³/mol. The first-order valence-electron chi connectivity index (χ1n) is 10.6. The topological polar surface area (TPSA) is 73.8 Å². The van der Waals surface area contributed by atoms with Gasteiger partial charge in [-0.15, -0.1) is 0 Å². The van der Waals surface area contributed by atoms with Crippen LogP contribution in [0.15, 0.2) is 24.4 Å². The van der Waals surface area contributed by atoms with Crippen LogP contribution in [0.25, 0.3) is 11.0 Å². The summed E-state index contributed by atoms with van der Waals surface area (Å²) in [6.45, 7) is 6.73. The van der Waals surface area contributed by atoms with Gasteiger partial charge >= 0.3 is 0 Å². The number of carbonyl (C=O) groups is 1. The molecule has 1 heterocycles. The average Bonchev–Trinajstić information content (AvgIpc) is 2.78. The monoisotopic (exact) mass is 546 g/mol. The van der Waals surface area contributed by atoms with Crippen LogP contribution in [0, 0.1) is 3.57 Å². The number of aromatic nitrogens is 2. The van der Waals surface area contributed by atoms with E-state index in [9.17, 15) is 9.18 Å². The number of alkyl halides is 1. The van der Waals surface area contributed by atoms with Crippen LogP contribution in [0.2, 0.25) is 0 Å². The summed E-state index contributed by atoms with van der Waals surface area (Å²) < 4.78 is 28.9. The Kier molecular flexibility index (Phi) is 13.0. The minimum absolute atomic E-state index is 0.0212. The lowest BCUT2D eigenvalue weighted by Gasteiger charge is -2.20. The second-order valence-corrected chi connectivity index (χ2v) is 8.12. The predicted octanol–water partition coefficient (Wildman–Crippen LogP) is 3.54. The molecule has 2 aromatic rings. The molecular weight excluding hydrogens is 515 g/mol. The first-order chi connectivity index (χ1) is 15.1. The third-order valence-electron chi connectivity index (χ3n) is 4.63. The largest absolute Gasteiger partial charge is 0.378 e. The van der Waals surface area contributed by atoms with Gasteiger partial charge in [-0.25, -0.2) is 9.37 Å². The number of nitrogens with zero attached hydrogens (tertiary/aromatic N) is 3. The summed E-state index contributed by atoms with van der Waals surface area (Å²) in [5.74, 6) is 0.0212. The van der Waals surface area contributed by atoms with Gasteiger partial charge in [-0.1, -0.05) is 6.92 Å². The normalized spacial score (nSPS) is 11.5. The van der Waals surface area contributed by atoms with E-state index in [1.807, 2.05) is 18.2 Å². The fourth-order valence-electron chi connectivity index (χ4n) is 2.93. The van der Waals surface area contributed by atoms with E-state index in [0.717, 1.165) is 40.7 Å². The zero-order valence-corrected chi connectivity index (χ0v) is 20.2. The summed E-state index contributed by atoms with van der Waals surface area (Å²) in [6.07, 6.45) is 2.78. The quantitative estimate of drug-likeness (QED) is 0.171. The van der Waals surface area contributed by atoms with Crippen LogP contribution in [0.5, 0.6) is 0 Å². The van der Waals surface area contributed by atoms with E-state index in [4.69, 9.17) is 14.2 Å². The van der Waals surface area contributed by atoms with Crippen molar-refractivity contribution < 1.29 is 23.4 Å². The third-order valence-corrected chi connectivity index (χ3v) is 5.30. The number of ketones is 1. The highest BCUT2D eigenvalue weighted by Gasteiger charge is 2.11. The molecule has 0 amide bonds. The van der Waals surface area contributed by atoms with Crippen LogP contribution in [0.4, 0.5) is 4.39 Å². The lowest BCUT2D eigenvalue weighted by Crippen LogP contribution is -2.29. The summed E-state index contributed by atoms with van der Waals surface area (Å²) in [7, 11) is 0. The van der Waals surface area contributed by atoms with Gasteiger partial charge < -0.3 is 19.1 Å². The van der Waals surface area contributed by atoms with E-state index in [1.54, 1.807) is 6.20 Å². The number of hydrogen-bond acceptors (Lipinski definition) is 7. The SMILES string of the molecule is CCN(CCCC(=O)c1cnc2cc(I)ccc2n1)CCOCCOCCOCC[18F]. The molecule has 0 radical (unpaired) electrons. The van der Waals surface area contributed by atoms with Crippen LogP contribution < -0.4 is 0 Å². The number of benzene rings is 1. The molecule has 1 aromatic carbocycles. The van der Waals surface area contributed by atoms with E-state index in [1.165, 1.54) is 0 Å². The van der Waals surface area contributed by atoms with Crippen LogP contribution >= 0.6 is 22.6 Å². The molecule has 0 aliphatic heterocycles. The maximum absolute atomic E-state index is 12.5. The van der Waals surface area contributed by atoms with Crippen LogP contribution in [0.1, 0.15) is 30.3 Å². The number of halogens is 2. The van der Waals surface area contributed by atoms with Gasteiger partial charge in [-0.05, 0) is 60.3 Å². The van der Waals surface area contributed by atoms with Crippen molar-refractivity contribution >= 4 is 39.4 Å². The Morgan fingerprint density at radius 1 is 1.03 bits per heavy atom. The molecule has 172 valence electrons. The fraction of sp³-hybridized carbons (Fsp3) is 0.591. The molecular formula is C22H31FIN3O4. The Bertz CT molecular complexity index is 796. The van der Waals surface area contributed by atoms with Crippen molar-refractivity contribution in [2.24, 2.45) is 0 Å². The van der Waals surface area contributed by atoms with Gasteiger partial charge in [-0.2, -0.15) is 0 Å². The van der Waals surface area contributed by atoms with Crippen molar-refractivity contribution in [1.82, 2.24) is 14.9 Å². The molecule has 31 heavy (non-hydrogen) atoms. The average molecular weight is 546 g/mol. The molecule has 0 N–H and O–H groups in total. The molecule has 2 rings (SSSR count). The minimum atomic E-state index is -0.470. The standard InChI is InChI=1S/C22H31FIN3O4/c1-2-27(9-11-30-13-15-31-14-12-29-10-7-23)8-3-4-22(28)21-17-25-20-16-18(24)5-6-19(20)26-21/h5-6,16-17H,2-4,7-15H2,1H3/i23-1. The number of carbonyl (C=O) groups excluding carboxylic acids is 1. The first kappa shape index (κ1) is 26.0. The highest BCUT2D eigenvalue weighted by atomic mass is 127. The van der Waals surface area contributed by atoms with E-state index < -0.39 is 6.67 Å². The summed E-state index contributed by atoms with van der Waals surface area (Å²) in [4.78, 5) is 23.6. The Labute approximate surface area is 196 Å². The van der Waals surface area contributed by atoms with Gasteiger partial charge in [0.2, 0.25) is 0 Å². The Morgan fingerprint density at radius 2 is 1.74 bits per heavy atom. The van der Waals surface area contributed by atoms with Crippen LogP contribution in [-0.4, -0.2) is 86.6 Å². The van der Waals surface area contributed by atoms with E-state index in [0.29, 0.717) is 45.1 Å².